The molecule has 4 saturated carbocycles. The molecule has 3 N–H and O–H groups in total. The van der Waals surface area contributed by atoms with Gasteiger partial charge in [0.25, 0.3) is 0 Å². The molecule has 92 valence electrons. The zero-order valence-electron chi connectivity index (χ0n) is 9.85. The molecule has 5 rings (SSSR count). The summed E-state index contributed by atoms with van der Waals surface area (Å²) in [4.78, 5) is 0. The third-order valence-corrected chi connectivity index (χ3v) is 5.45. The van der Waals surface area contributed by atoms with Crippen LogP contribution in [0.15, 0.2) is 0 Å². The van der Waals surface area contributed by atoms with Crippen LogP contribution in [0.25, 0.3) is 0 Å². The van der Waals surface area contributed by atoms with Crippen molar-refractivity contribution in [3.8, 4) is 0 Å². The molecule has 4 fully saturated rings. The highest BCUT2D eigenvalue weighted by Gasteiger charge is 2.52. The summed E-state index contributed by atoms with van der Waals surface area (Å²) < 4.78 is 2.84. The molecule has 0 amide bonds. The highest BCUT2D eigenvalue weighted by Crippen LogP contribution is 2.59. The standard InChI is InChI=1S/C12H18N4S/c13-10-14-15-11(17)16(10)12-4-7-1-8(5-12)3-9(2-7)6-12/h7-9H,1-6H2,(H2,13,14)(H,15,17). The molecule has 17 heavy (non-hydrogen) atoms. The van der Waals surface area contributed by atoms with Crippen LogP contribution in [-0.2, 0) is 5.54 Å². The molecule has 0 atom stereocenters. The molecular weight excluding hydrogens is 232 g/mol. The Labute approximate surface area is 106 Å². The summed E-state index contributed by atoms with van der Waals surface area (Å²) in [5, 5.41) is 6.95. The monoisotopic (exact) mass is 250 g/mol. The Balaban J connectivity index is 1.85. The van der Waals surface area contributed by atoms with Crippen LogP contribution in [-0.4, -0.2) is 14.8 Å². The average Bonchev–Trinajstić information content (AvgIpc) is 2.56. The Morgan fingerprint density at radius 2 is 1.71 bits per heavy atom. The van der Waals surface area contributed by atoms with Crippen LogP contribution >= 0.6 is 12.2 Å². The van der Waals surface area contributed by atoms with Crippen molar-refractivity contribution >= 4 is 18.2 Å². The fourth-order valence-electron chi connectivity index (χ4n) is 5.11. The number of H-pyrrole nitrogens is 1. The molecule has 0 saturated heterocycles. The average molecular weight is 250 g/mol. The molecule has 0 aromatic carbocycles. The van der Waals surface area contributed by atoms with Gasteiger partial charge in [-0.25, -0.2) is 5.10 Å². The third kappa shape index (κ3) is 1.29. The summed E-state index contributed by atoms with van der Waals surface area (Å²) in [6, 6.07) is 0. The van der Waals surface area contributed by atoms with Gasteiger partial charge in [0.2, 0.25) is 5.95 Å². The maximum absolute atomic E-state index is 6.02. The van der Waals surface area contributed by atoms with Crippen molar-refractivity contribution in [2.75, 3.05) is 5.73 Å². The molecule has 4 nitrogen and oxygen atoms in total. The van der Waals surface area contributed by atoms with E-state index in [2.05, 4.69) is 14.8 Å². The molecule has 4 bridgehead atoms. The topological polar surface area (TPSA) is 59.6 Å². The van der Waals surface area contributed by atoms with Gasteiger partial charge >= 0.3 is 0 Å². The number of anilines is 1. The number of nitrogens with one attached hydrogen (secondary N) is 1. The van der Waals surface area contributed by atoms with Gasteiger partial charge in [-0.1, -0.05) is 0 Å². The zero-order chi connectivity index (χ0) is 11.6. The van der Waals surface area contributed by atoms with E-state index < -0.39 is 0 Å². The van der Waals surface area contributed by atoms with Crippen LogP contribution in [0.2, 0.25) is 0 Å². The van der Waals surface area contributed by atoms with E-state index in [0.717, 1.165) is 17.8 Å². The molecule has 5 heteroatoms. The van der Waals surface area contributed by atoms with E-state index in [9.17, 15) is 0 Å². The maximum atomic E-state index is 6.02. The van der Waals surface area contributed by atoms with Gasteiger partial charge in [-0.2, -0.15) is 0 Å². The number of nitrogens with zero attached hydrogens (tertiary/aromatic N) is 2. The van der Waals surface area contributed by atoms with E-state index in [4.69, 9.17) is 18.0 Å². The maximum Gasteiger partial charge on any atom is 0.221 e. The lowest BCUT2D eigenvalue weighted by atomic mass is 9.53. The smallest absolute Gasteiger partial charge is 0.221 e. The Hall–Kier alpha value is -0.840. The number of aromatic amines is 1. The second kappa shape index (κ2) is 3.13. The fourth-order valence-corrected chi connectivity index (χ4v) is 5.44. The number of hydrogen-bond donors (Lipinski definition) is 2. The predicted molar refractivity (Wildman–Crippen MR) is 68.0 cm³/mol. The normalized spacial score (nSPS) is 43.2. The zero-order valence-corrected chi connectivity index (χ0v) is 10.7. The van der Waals surface area contributed by atoms with Gasteiger partial charge < -0.3 is 5.73 Å². The molecule has 0 aliphatic heterocycles. The van der Waals surface area contributed by atoms with Gasteiger partial charge in [0.15, 0.2) is 4.77 Å². The SMILES string of the molecule is Nc1n[nH]c(=S)n1C12CC3CC(CC(C3)C1)C2. The third-order valence-electron chi connectivity index (χ3n) is 5.18. The minimum atomic E-state index is 0.197. The van der Waals surface area contributed by atoms with Crippen LogP contribution in [0.1, 0.15) is 38.5 Å². The van der Waals surface area contributed by atoms with E-state index in [1.807, 2.05) is 0 Å². The van der Waals surface area contributed by atoms with E-state index in [-0.39, 0.29) is 5.54 Å². The first-order valence-electron chi connectivity index (χ1n) is 6.60. The number of aromatic nitrogens is 3. The fraction of sp³-hybridized carbons (Fsp3) is 0.833. The largest absolute Gasteiger partial charge is 0.368 e. The van der Waals surface area contributed by atoms with Crippen LogP contribution in [0.4, 0.5) is 5.95 Å². The van der Waals surface area contributed by atoms with Gasteiger partial charge in [0.05, 0.1) is 5.54 Å². The van der Waals surface area contributed by atoms with Crippen molar-refractivity contribution in [1.29, 1.82) is 0 Å². The van der Waals surface area contributed by atoms with Crippen molar-refractivity contribution in [3.05, 3.63) is 4.77 Å². The number of hydrogen-bond acceptors (Lipinski definition) is 3. The second-order valence-electron chi connectivity index (χ2n) is 6.36. The molecule has 0 spiro atoms. The van der Waals surface area contributed by atoms with Crippen LogP contribution in [0.3, 0.4) is 0 Å². The van der Waals surface area contributed by atoms with Gasteiger partial charge in [0, 0.05) is 0 Å². The van der Waals surface area contributed by atoms with Crippen molar-refractivity contribution in [2.45, 2.75) is 44.1 Å². The van der Waals surface area contributed by atoms with Crippen LogP contribution in [0.5, 0.6) is 0 Å². The van der Waals surface area contributed by atoms with Crippen molar-refractivity contribution in [2.24, 2.45) is 17.8 Å². The summed E-state index contributed by atoms with van der Waals surface area (Å²) >= 11 is 5.37. The van der Waals surface area contributed by atoms with Gasteiger partial charge in [0.1, 0.15) is 0 Å². The number of nitrogen functional groups attached to an aromatic ring is 1. The van der Waals surface area contributed by atoms with E-state index in [0.29, 0.717) is 10.7 Å². The second-order valence-corrected chi connectivity index (χ2v) is 6.75. The Bertz CT molecular complexity index is 480. The summed E-state index contributed by atoms with van der Waals surface area (Å²) in [6.07, 6.45) is 8.09. The lowest BCUT2D eigenvalue weighted by Gasteiger charge is -2.57. The lowest BCUT2D eigenvalue weighted by molar-refractivity contribution is -0.0427. The predicted octanol–water partition coefficient (Wildman–Crippen LogP) is 2.45. The van der Waals surface area contributed by atoms with Gasteiger partial charge in [-0.05, 0) is 68.5 Å². The minimum absolute atomic E-state index is 0.197. The van der Waals surface area contributed by atoms with Crippen molar-refractivity contribution < 1.29 is 0 Å². The summed E-state index contributed by atoms with van der Waals surface area (Å²) in [5.41, 5.74) is 6.21. The van der Waals surface area contributed by atoms with Gasteiger partial charge in [-0.3, -0.25) is 4.57 Å². The first kappa shape index (κ1) is 10.1. The van der Waals surface area contributed by atoms with E-state index in [1.165, 1.54) is 38.5 Å². The van der Waals surface area contributed by atoms with Gasteiger partial charge in [-0.15, -0.1) is 5.10 Å². The highest BCUT2D eigenvalue weighted by atomic mass is 32.1. The molecule has 1 heterocycles. The molecule has 4 aliphatic carbocycles. The Morgan fingerprint density at radius 3 is 2.12 bits per heavy atom. The van der Waals surface area contributed by atoms with Crippen molar-refractivity contribution in [1.82, 2.24) is 14.8 Å². The highest BCUT2D eigenvalue weighted by molar-refractivity contribution is 7.71. The summed E-state index contributed by atoms with van der Waals surface area (Å²) in [7, 11) is 0. The van der Waals surface area contributed by atoms with Crippen LogP contribution in [0, 0.1) is 22.5 Å². The molecule has 0 unspecified atom stereocenters. The summed E-state index contributed by atoms with van der Waals surface area (Å²) in [5.74, 6) is 3.28. The number of nitrogens with two attached hydrogens (primary N) is 1. The molecular formula is C12H18N4S. The molecule has 0 radical (unpaired) electrons. The molecule has 4 aliphatic rings. The van der Waals surface area contributed by atoms with Crippen LogP contribution < -0.4 is 5.73 Å². The molecule has 1 aromatic heterocycles. The van der Waals surface area contributed by atoms with E-state index in [1.54, 1.807) is 0 Å². The minimum Gasteiger partial charge on any atom is -0.368 e. The van der Waals surface area contributed by atoms with E-state index >= 15 is 0 Å². The quantitative estimate of drug-likeness (QED) is 0.753. The first-order chi connectivity index (χ1) is 8.16. The van der Waals surface area contributed by atoms with Crippen molar-refractivity contribution in [3.63, 3.8) is 0 Å². The Kier molecular flexibility index (Phi) is 1.86. The summed E-state index contributed by atoms with van der Waals surface area (Å²) in [6.45, 7) is 0. The number of rotatable bonds is 1. The Morgan fingerprint density at radius 1 is 1.18 bits per heavy atom. The molecule has 1 aromatic rings. The first-order valence-corrected chi connectivity index (χ1v) is 7.00. The lowest BCUT2D eigenvalue weighted by Crippen LogP contribution is -2.52.